The number of nitrogens with one attached hydrogen (secondary N) is 1. The summed E-state index contributed by atoms with van der Waals surface area (Å²) < 4.78 is 0.993. The number of rotatable bonds is 4. The zero-order chi connectivity index (χ0) is 13.3. The third-order valence-corrected chi connectivity index (χ3v) is 4.25. The van der Waals surface area contributed by atoms with Crippen molar-refractivity contribution in [2.45, 2.75) is 25.8 Å². The lowest BCUT2D eigenvalue weighted by atomic mass is 10.1. The number of hydrogen-bond donors (Lipinski definition) is 2. The lowest BCUT2D eigenvalue weighted by molar-refractivity contribution is 0.0943. The molecule has 0 aliphatic heterocycles. The van der Waals surface area contributed by atoms with Gasteiger partial charge < -0.3 is 11.1 Å². The molecule has 96 valence electrons. The van der Waals surface area contributed by atoms with E-state index in [1.165, 1.54) is 0 Å². The highest BCUT2D eigenvalue weighted by molar-refractivity contribution is 9.10. The molecule has 1 amide bonds. The highest BCUT2D eigenvalue weighted by Crippen LogP contribution is 2.33. The van der Waals surface area contributed by atoms with Gasteiger partial charge in [-0.25, -0.2) is 0 Å². The van der Waals surface area contributed by atoms with Gasteiger partial charge in [0.05, 0.1) is 11.0 Å². The van der Waals surface area contributed by atoms with Crippen molar-refractivity contribution in [1.82, 2.24) is 5.32 Å². The Morgan fingerprint density at radius 1 is 1.56 bits per heavy atom. The van der Waals surface area contributed by atoms with Crippen molar-refractivity contribution in [1.29, 1.82) is 0 Å². The highest BCUT2D eigenvalue weighted by Gasteiger charge is 2.34. The van der Waals surface area contributed by atoms with Gasteiger partial charge in [0.1, 0.15) is 0 Å². The Labute approximate surface area is 120 Å². The number of aryl methyl sites for hydroxylation is 1. The van der Waals surface area contributed by atoms with Gasteiger partial charge in [-0.3, -0.25) is 4.79 Å². The zero-order valence-electron chi connectivity index (χ0n) is 10.1. The summed E-state index contributed by atoms with van der Waals surface area (Å²) in [6.45, 7) is 1.95. The first-order valence-electron chi connectivity index (χ1n) is 5.85. The molecule has 0 spiro atoms. The second-order valence-corrected chi connectivity index (χ2v) is 5.98. The molecule has 3 N–H and O–H groups in total. The topological polar surface area (TPSA) is 55.1 Å². The minimum atomic E-state index is -0.170. The van der Waals surface area contributed by atoms with Crippen molar-refractivity contribution >= 4 is 39.0 Å². The molecular weight excluding hydrogens is 312 g/mol. The molecule has 2 rings (SSSR count). The van der Waals surface area contributed by atoms with Crippen LogP contribution < -0.4 is 11.1 Å². The molecule has 1 fully saturated rings. The summed E-state index contributed by atoms with van der Waals surface area (Å²) in [4.78, 5) is 12.5. The maximum absolute atomic E-state index is 12.1. The fraction of sp³-hybridized carbons (Fsp3) is 0.385. The molecule has 1 aromatic rings. The van der Waals surface area contributed by atoms with E-state index in [0.717, 1.165) is 22.9 Å². The number of carbonyl (C=O) groups excluding carboxylic acids is 1. The summed E-state index contributed by atoms with van der Waals surface area (Å²) in [7, 11) is 0. The van der Waals surface area contributed by atoms with Crippen LogP contribution in [0.2, 0.25) is 0 Å². The Morgan fingerprint density at radius 2 is 2.22 bits per heavy atom. The van der Waals surface area contributed by atoms with Gasteiger partial charge in [-0.15, -0.1) is 0 Å². The molecule has 1 aromatic carbocycles. The Balaban J connectivity index is 2.10. The summed E-state index contributed by atoms with van der Waals surface area (Å²) >= 11 is 8.42. The molecule has 1 aliphatic rings. The largest absolute Gasteiger partial charge is 0.392 e. The van der Waals surface area contributed by atoms with E-state index in [1.807, 2.05) is 19.1 Å². The van der Waals surface area contributed by atoms with Crippen LogP contribution in [-0.2, 0) is 0 Å². The highest BCUT2D eigenvalue weighted by atomic mass is 79.9. The van der Waals surface area contributed by atoms with Crippen LogP contribution in [0.5, 0.6) is 0 Å². The standard InChI is InChI=1S/C13H15BrN2OS/c1-7-6-9(4-5-10(7)14)13(17)16-11(12(15)18)8-2-3-8/h4-6,8,11H,2-3H2,1H3,(H2,15,18)(H,16,17). The van der Waals surface area contributed by atoms with Gasteiger partial charge in [0.25, 0.3) is 5.91 Å². The zero-order valence-corrected chi connectivity index (χ0v) is 12.5. The van der Waals surface area contributed by atoms with Crippen LogP contribution in [0.4, 0.5) is 0 Å². The average Bonchev–Trinajstić information content (AvgIpc) is 3.13. The number of halogens is 1. The second-order valence-electron chi connectivity index (χ2n) is 4.65. The normalized spacial score (nSPS) is 16.1. The number of nitrogens with two attached hydrogens (primary N) is 1. The van der Waals surface area contributed by atoms with Gasteiger partial charge in [0, 0.05) is 10.0 Å². The molecule has 0 bridgehead atoms. The Bertz CT molecular complexity index is 500. The van der Waals surface area contributed by atoms with E-state index in [9.17, 15) is 4.79 Å². The molecule has 0 aromatic heterocycles. The molecule has 0 saturated heterocycles. The van der Waals surface area contributed by atoms with Crippen LogP contribution in [0.15, 0.2) is 22.7 Å². The Morgan fingerprint density at radius 3 is 2.72 bits per heavy atom. The SMILES string of the molecule is Cc1cc(C(=O)NC(C(N)=S)C2CC2)ccc1Br. The van der Waals surface area contributed by atoms with Crippen molar-refractivity contribution < 1.29 is 4.79 Å². The van der Waals surface area contributed by atoms with E-state index in [2.05, 4.69) is 21.2 Å². The van der Waals surface area contributed by atoms with E-state index in [-0.39, 0.29) is 11.9 Å². The molecule has 1 unspecified atom stereocenters. The number of hydrogen-bond acceptors (Lipinski definition) is 2. The first-order chi connectivity index (χ1) is 8.49. The predicted octanol–water partition coefficient (Wildman–Crippen LogP) is 2.55. The third-order valence-electron chi connectivity index (χ3n) is 3.11. The summed E-state index contributed by atoms with van der Waals surface area (Å²) in [6.07, 6.45) is 2.17. The van der Waals surface area contributed by atoms with Crippen molar-refractivity contribution in [2.24, 2.45) is 11.7 Å². The van der Waals surface area contributed by atoms with E-state index in [1.54, 1.807) is 6.07 Å². The maximum Gasteiger partial charge on any atom is 0.251 e. The molecule has 18 heavy (non-hydrogen) atoms. The third kappa shape index (κ3) is 3.09. The van der Waals surface area contributed by atoms with E-state index >= 15 is 0 Å². The van der Waals surface area contributed by atoms with Gasteiger partial charge >= 0.3 is 0 Å². The first-order valence-corrected chi connectivity index (χ1v) is 7.05. The number of thiocarbonyl (C=S) groups is 1. The second kappa shape index (κ2) is 5.36. The van der Waals surface area contributed by atoms with Gasteiger partial charge in [-0.2, -0.15) is 0 Å². The maximum atomic E-state index is 12.1. The monoisotopic (exact) mass is 326 g/mol. The van der Waals surface area contributed by atoms with Crippen LogP contribution >= 0.6 is 28.1 Å². The minimum absolute atomic E-state index is 0.115. The first kappa shape index (κ1) is 13.5. The molecule has 0 heterocycles. The van der Waals surface area contributed by atoms with Crippen molar-refractivity contribution in [2.75, 3.05) is 0 Å². The number of carbonyl (C=O) groups is 1. The molecule has 1 saturated carbocycles. The van der Waals surface area contributed by atoms with Gasteiger partial charge in [0.2, 0.25) is 0 Å². The molecule has 5 heteroatoms. The fourth-order valence-corrected chi connectivity index (χ4v) is 2.36. The molecule has 0 radical (unpaired) electrons. The molecular formula is C13H15BrN2OS. The Hall–Kier alpha value is -0.940. The van der Waals surface area contributed by atoms with Crippen LogP contribution in [0, 0.1) is 12.8 Å². The van der Waals surface area contributed by atoms with Crippen molar-refractivity contribution in [3.05, 3.63) is 33.8 Å². The lowest BCUT2D eigenvalue weighted by Crippen LogP contribution is -2.45. The quantitative estimate of drug-likeness (QED) is 0.836. The smallest absolute Gasteiger partial charge is 0.251 e. The lowest BCUT2D eigenvalue weighted by Gasteiger charge is -2.17. The van der Waals surface area contributed by atoms with E-state index < -0.39 is 0 Å². The van der Waals surface area contributed by atoms with Gasteiger partial charge in [0.15, 0.2) is 0 Å². The van der Waals surface area contributed by atoms with Crippen molar-refractivity contribution in [3.8, 4) is 0 Å². The number of benzene rings is 1. The fourth-order valence-electron chi connectivity index (χ4n) is 1.86. The average molecular weight is 327 g/mol. The van der Waals surface area contributed by atoms with Gasteiger partial charge in [-0.05, 0) is 49.4 Å². The van der Waals surface area contributed by atoms with Crippen LogP contribution in [-0.4, -0.2) is 16.9 Å². The minimum Gasteiger partial charge on any atom is -0.392 e. The summed E-state index contributed by atoms with van der Waals surface area (Å²) in [5, 5.41) is 2.92. The van der Waals surface area contributed by atoms with Crippen LogP contribution in [0.3, 0.4) is 0 Å². The van der Waals surface area contributed by atoms with E-state index in [0.29, 0.717) is 16.5 Å². The summed E-state index contributed by atoms with van der Waals surface area (Å²) in [6, 6.07) is 5.34. The van der Waals surface area contributed by atoms with Crippen LogP contribution in [0.1, 0.15) is 28.8 Å². The van der Waals surface area contributed by atoms with Crippen molar-refractivity contribution in [3.63, 3.8) is 0 Å². The summed E-state index contributed by atoms with van der Waals surface area (Å²) in [5.41, 5.74) is 7.33. The number of amides is 1. The predicted molar refractivity (Wildman–Crippen MR) is 79.6 cm³/mol. The van der Waals surface area contributed by atoms with E-state index in [4.69, 9.17) is 18.0 Å². The molecule has 1 aliphatic carbocycles. The Kier molecular flexibility index (Phi) is 4.02. The molecule has 1 atom stereocenters. The summed E-state index contributed by atoms with van der Waals surface area (Å²) in [5.74, 6) is 0.304. The van der Waals surface area contributed by atoms with Gasteiger partial charge in [-0.1, -0.05) is 28.1 Å². The molecule has 3 nitrogen and oxygen atoms in total. The van der Waals surface area contributed by atoms with Crippen LogP contribution in [0.25, 0.3) is 0 Å².